The molecular formula is C18H20F3N3O2S. The van der Waals surface area contributed by atoms with Crippen molar-refractivity contribution < 1.29 is 21.6 Å². The maximum absolute atomic E-state index is 13.1. The first-order chi connectivity index (χ1) is 12.7. The normalized spacial score (nSPS) is 26.4. The Labute approximate surface area is 155 Å². The lowest BCUT2D eigenvalue weighted by Gasteiger charge is -2.38. The van der Waals surface area contributed by atoms with Crippen LogP contribution in [-0.2, 0) is 16.2 Å². The lowest BCUT2D eigenvalue weighted by molar-refractivity contribution is -0.137. The smallest absolute Gasteiger partial charge is 0.269 e. The van der Waals surface area contributed by atoms with Crippen LogP contribution in [0.4, 0.5) is 13.2 Å². The molecule has 4 rings (SSSR count). The van der Waals surface area contributed by atoms with Gasteiger partial charge in [-0.25, -0.2) is 8.42 Å². The van der Waals surface area contributed by atoms with Gasteiger partial charge in [0.05, 0.1) is 22.7 Å². The Kier molecular flexibility index (Phi) is 4.34. The molecule has 1 aromatic carbocycles. The Morgan fingerprint density at radius 3 is 2.11 bits per heavy atom. The topological polar surface area (TPSA) is 55.2 Å². The molecule has 2 atom stereocenters. The Morgan fingerprint density at radius 2 is 1.63 bits per heavy atom. The summed E-state index contributed by atoms with van der Waals surface area (Å²) >= 11 is 0. The molecule has 3 heterocycles. The van der Waals surface area contributed by atoms with Crippen molar-refractivity contribution in [2.24, 2.45) is 0 Å². The number of piperidine rings is 1. The molecule has 0 radical (unpaired) electrons. The minimum Gasteiger partial charge on any atom is -0.269 e. The zero-order chi connectivity index (χ0) is 19.4. The average molecular weight is 399 g/mol. The van der Waals surface area contributed by atoms with Crippen LogP contribution in [0.1, 0.15) is 42.9 Å². The van der Waals surface area contributed by atoms with Crippen LogP contribution in [0.3, 0.4) is 0 Å². The lowest BCUT2D eigenvalue weighted by atomic mass is 10.00. The van der Waals surface area contributed by atoms with Crippen molar-refractivity contribution in [1.82, 2.24) is 14.1 Å². The number of sulfonamides is 1. The second-order valence-electron chi connectivity index (χ2n) is 7.37. The SMILES string of the molecule is Cc1cnn(C2CC3CCC(C2)N3S(=O)(=O)c2ccc(C(F)(F)F)cc2)c1. The molecule has 1 aromatic heterocycles. The third-order valence-corrected chi connectivity index (χ3v) is 7.52. The van der Waals surface area contributed by atoms with E-state index in [9.17, 15) is 21.6 Å². The second-order valence-corrected chi connectivity index (χ2v) is 9.21. The van der Waals surface area contributed by atoms with Gasteiger partial charge in [-0.3, -0.25) is 4.68 Å². The Hall–Kier alpha value is -1.87. The van der Waals surface area contributed by atoms with Crippen LogP contribution in [0.15, 0.2) is 41.6 Å². The number of nitrogens with zero attached hydrogens (tertiary/aromatic N) is 3. The molecule has 2 bridgehead atoms. The highest BCUT2D eigenvalue weighted by Gasteiger charge is 2.47. The Balaban J connectivity index is 1.58. The van der Waals surface area contributed by atoms with Crippen LogP contribution in [0.2, 0.25) is 0 Å². The van der Waals surface area contributed by atoms with Crippen molar-refractivity contribution in [3.05, 3.63) is 47.8 Å². The van der Waals surface area contributed by atoms with Crippen molar-refractivity contribution in [3.63, 3.8) is 0 Å². The van der Waals surface area contributed by atoms with Gasteiger partial charge in [0.25, 0.3) is 0 Å². The van der Waals surface area contributed by atoms with E-state index in [-0.39, 0.29) is 23.0 Å². The first-order valence-electron chi connectivity index (χ1n) is 8.88. The minimum absolute atomic E-state index is 0.0826. The third kappa shape index (κ3) is 3.27. The molecule has 9 heteroatoms. The van der Waals surface area contributed by atoms with Gasteiger partial charge in [-0.05, 0) is 62.4 Å². The molecule has 5 nitrogen and oxygen atoms in total. The summed E-state index contributed by atoms with van der Waals surface area (Å²) in [4.78, 5) is -0.0826. The van der Waals surface area contributed by atoms with Crippen molar-refractivity contribution >= 4 is 10.0 Å². The summed E-state index contributed by atoms with van der Waals surface area (Å²) in [6.07, 6.45) is 2.12. The van der Waals surface area contributed by atoms with Crippen molar-refractivity contribution in [1.29, 1.82) is 0 Å². The molecule has 2 saturated heterocycles. The van der Waals surface area contributed by atoms with Crippen LogP contribution in [0, 0.1) is 6.92 Å². The first kappa shape index (κ1) is 18.5. The number of hydrogen-bond acceptors (Lipinski definition) is 3. The standard InChI is InChI=1S/C18H20F3N3O2S/c1-12-10-22-23(11-12)16-8-14-4-5-15(9-16)24(14)27(25,26)17-6-2-13(3-7-17)18(19,20)21/h2-3,6-7,10-11,14-16H,4-5,8-9H2,1H3. The molecular weight excluding hydrogens is 379 g/mol. The van der Waals surface area contributed by atoms with Crippen LogP contribution in [0.25, 0.3) is 0 Å². The average Bonchev–Trinajstić information content (AvgIpc) is 3.16. The summed E-state index contributed by atoms with van der Waals surface area (Å²) in [5.74, 6) is 0. The van der Waals surface area contributed by atoms with E-state index < -0.39 is 21.8 Å². The van der Waals surface area contributed by atoms with Gasteiger partial charge in [0.1, 0.15) is 0 Å². The predicted molar refractivity (Wildman–Crippen MR) is 92.5 cm³/mol. The number of fused-ring (bicyclic) bond motifs is 2. The van der Waals surface area contributed by atoms with Gasteiger partial charge in [0.15, 0.2) is 0 Å². The summed E-state index contributed by atoms with van der Waals surface area (Å²) < 4.78 is 67.8. The number of benzene rings is 1. The number of hydrogen-bond donors (Lipinski definition) is 0. The molecule has 146 valence electrons. The Morgan fingerprint density at radius 1 is 1.04 bits per heavy atom. The van der Waals surface area contributed by atoms with Gasteiger partial charge in [-0.1, -0.05) is 0 Å². The molecule has 0 amide bonds. The van der Waals surface area contributed by atoms with Crippen LogP contribution in [0.5, 0.6) is 0 Å². The quantitative estimate of drug-likeness (QED) is 0.790. The Bertz CT molecular complexity index is 924. The zero-order valence-corrected chi connectivity index (χ0v) is 15.5. The maximum atomic E-state index is 13.1. The van der Waals surface area contributed by atoms with Crippen molar-refractivity contribution in [2.75, 3.05) is 0 Å². The summed E-state index contributed by atoms with van der Waals surface area (Å²) in [5, 5.41) is 4.36. The number of halogens is 3. The number of rotatable bonds is 3. The number of aryl methyl sites for hydroxylation is 1. The molecule has 0 saturated carbocycles. The highest BCUT2D eigenvalue weighted by atomic mass is 32.2. The molecule has 2 aliphatic rings. The van der Waals surface area contributed by atoms with E-state index in [1.54, 1.807) is 6.20 Å². The molecule has 2 fully saturated rings. The minimum atomic E-state index is -4.48. The molecule has 0 N–H and O–H groups in total. The van der Waals surface area contributed by atoms with Gasteiger partial charge in [0.2, 0.25) is 10.0 Å². The lowest BCUT2D eigenvalue weighted by Crippen LogP contribution is -2.46. The van der Waals surface area contributed by atoms with Gasteiger partial charge in [0, 0.05) is 18.3 Å². The predicted octanol–water partition coefficient (Wildman–Crippen LogP) is 3.77. The highest BCUT2D eigenvalue weighted by molar-refractivity contribution is 7.89. The van der Waals surface area contributed by atoms with E-state index in [0.717, 1.165) is 42.7 Å². The largest absolute Gasteiger partial charge is 0.416 e. The molecule has 0 aliphatic carbocycles. The summed E-state index contributed by atoms with van der Waals surface area (Å²) in [6, 6.07) is 3.62. The van der Waals surface area contributed by atoms with E-state index in [0.29, 0.717) is 12.8 Å². The number of aromatic nitrogens is 2. The summed E-state index contributed by atoms with van der Waals surface area (Å²) in [5.41, 5.74) is 0.208. The van der Waals surface area contributed by atoms with Crippen molar-refractivity contribution in [3.8, 4) is 0 Å². The van der Waals surface area contributed by atoms with Gasteiger partial charge < -0.3 is 0 Å². The molecule has 2 aromatic rings. The van der Waals surface area contributed by atoms with E-state index in [1.165, 1.54) is 4.31 Å². The van der Waals surface area contributed by atoms with Crippen molar-refractivity contribution in [2.45, 2.75) is 61.8 Å². The molecule has 0 spiro atoms. The highest BCUT2D eigenvalue weighted by Crippen LogP contribution is 2.43. The summed E-state index contributed by atoms with van der Waals surface area (Å²) in [6.45, 7) is 1.96. The number of alkyl halides is 3. The van der Waals surface area contributed by atoms with Crippen LogP contribution >= 0.6 is 0 Å². The first-order valence-corrected chi connectivity index (χ1v) is 10.3. The fourth-order valence-electron chi connectivity index (χ4n) is 4.28. The van der Waals surface area contributed by atoms with E-state index in [2.05, 4.69) is 5.10 Å². The summed E-state index contributed by atoms with van der Waals surface area (Å²) in [7, 11) is -3.82. The second kappa shape index (κ2) is 6.34. The van der Waals surface area contributed by atoms with Gasteiger partial charge in [-0.15, -0.1) is 0 Å². The third-order valence-electron chi connectivity index (χ3n) is 5.50. The van der Waals surface area contributed by atoms with E-state index >= 15 is 0 Å². The van der Waals surface area contributed by atoms with Gasteiger partial charge in [-0.2, -0.15) is 22.6 Å². The monoisotopic (exact) mass is 399 g/mol. The fourth-order valence-corrected chi connectivity index (χ4v) is 6.18. The van der Waals surface area contributed by atoms with Crippen LogP contribution in [-0.4, -0.2) is 34.6 Å². The van der Waals surface area contributed by atoms with Gasteiger partial charge >= 0.3 is 6.18 Å². The zero-order valence-electron chi connectivity index (χ0n) is 14.7. The molecule has 2 aliphatic heterocycles. The molecule has 27 heavy (non-hydrogen) atoms. The van der Waals surface area contributed by atoms with E-state index in [1.807, 2.05) is 17.8 Å². The maximum Gasteiger partial charge on any atom is 0.416 e. The molecule has 2 unspecified atom stereocenters. The van der Waals surface area contributed by atoms with Crippen LogP contribution < -0.4 is 0 Å². The fraction of sp³-hybridized carbons (Fsp3) is 0.500. The van der Waals surface area contributed by atoms with E-state index in [4.69, 9.17) is 0 Å².